The van der Waals surface area contributed by atoms with E-state index in [1.165, 1.54) is 5.56 Å². The molecule has 1 aliphatic carbocycles. The number of hydrogen-bond donors (Lipinski definition) is 0. The van der Waals surface area contributed by atoms with Gasteiger partial charge in [-0.15, -0.1) is 0 Å². The van der Waals surface area contributed by atoms with E-state index in [-0.39, 0.29) is 0 Å². The zero-order valence-electron chi connectivity index (χ0n) is 29.1. The molecule has 0 aliphatic heterocycles. The van der Waals surface area contributed by atoms with E-state index in [1.54, 1.807) is 0 Å². The van der Waals surface area contributed by atoms with Crippen LogP contribution in [0.1, 0.15) is 23.7 Å². The highest BCUT2D eigenvalue weighted by Crippen LogP contribution is 2.46. The number of allylic oxidation sites excluding steroid dienone is 4. The Hall–Kier alpha value is -7.11. The third-order valence-electron chi connectivity index (χ3n) is 10.7. The van der Waals surface area contributed by atoms with Crippen LogP contribution in [0.4, 0.5) is 0 Å². The van der Waals surface area contributed by atoms with Crippen molar-refractivity contribution in [3.8, 4) is 33.9 Å². The summed E-state index contributed by atoms with van der Waals surface area (Å²) in [5.41, 5.74) is 9.38. The van der Waals surface area contributed by atoms with Gasteiger partial charge in [-0.2, -0.15) is 0 Å². The Kier molecular flexibility index (Phi) is 6.92. The van der Waals surface area contributed by atoms with E-state index in [9.17, 15) is 0 Å². The van der Waals surface area contributed by atoms with Crippen molar-refractivity contribution >= 4 is 60.2 Å². The van der Waals surface area contributed by atoms with Gasteiger partial charge in [-0.3, -0.25) is 0 Å². The van der Waals surface area contributed by atoms with E-state index in [0.717, 1.165) is 88.9 Å². The molecule has 5 nitrogen and oxygen atoms in total. The Bertz CT molecular complexity index is 3150. The van der Waals surface area contributed by atoms with Gasteiger partial charge in [-0.1, -0.05) is 133 Å². The lowest BCUT2D eigenvalue weighted by atomic mass is 9.90. The highest BCUT2D eigenvalue weighted by atomic mass is 16.3. The highest BCUT2D eigenvalue weighted by Gasteiger charge is 2.25. The van der Waals surface area contributed by atoms with E-state index >= 15 is 0 Å². The van der Waals surface area contributed by atoms with E-state index in [4.69, 9.17) is 23.8 Å². The second-order valence-electron chi connectivity index (χ2n) is 13.9. The van der Waals surface area contributed by atoms with Crippen molar-refractivity contribution < 1.29 is 8.83 Å². The molecule has 0 bridgehead atoms. The van der Waals surface area contributed by atoms with Crippen molar-refractivity contribution in [3.63, 3.8) is 0 Å². The van der Waals surface area contributed by atoms with Crippen LogP contribution in [-0.4, -0.2) is 15.0 Å². The van der Waals surface area contributed by atoms with Crippen molar-refractivity contribution in [2.75, 3.05) is 0 Å². The minimum absolute atomic E-state index is 0.291. The molecule has 10 aromatic rings. The van der Waals surface area contributed by atoms with Crippen LogP contribution in [0.25, 0.3) is 94.1 Å². The normalized spacial score (nSPS) is 14.4. The number of fused-ring (bicyclic) bond motifs is 7. The largest absolute Gasteiger partial charge is 0.456 e. The smallest absolute Gasteiger partial charge is 0.165 e. The van der Waals surface area contributed by atoms with E-state index in [2.05, 4.69) is 140 Å². The molecule has 1 unspecified atom stereocenters. The molecule has 54 heavy (non-hydrogen) atoms. The molecule has 254 valence electrons. The Morgan fingerprint density at radius 3 is 1.94 bits per heavy atom. The quantitative estimate of drug-likeness (QED) is 0.179. The van der Waals surface area contributed by atoms with Gasteiger partial charge in [0.2, 0.25) is 0 Å². The fraction of sp³-hybridized carbons (Fsp3) is 0.0408. The number of rotatable bonds is 5. The molecular weight excluding hydrogens is 663 g/mol. The number of aromatic nitrogens is 3. The summed E-state index contributed by atoms with van der Waals surface area (Å²) in [6.45, 7) is 0. The molecule has 0 amide bonds. The molecular formula is C49H31N3O2. The van der Waals surface area contributed by atoms with Crippen molar-refractivity contribution in [3.05, 3.63) is 181 Å². The number of para-hydroxylation sites is 2. The molecule has 1 aliphatic rings. The standard InChI is InChI=1S/C49H31N3O2/c1-2-11-30(12-3-1)32-21-24-33(25-22-32)47-50-48(35-26-23-31-13-4-5-14-34(31)29-35)52-49(51-47)46-37(27-28-43-45(46)39-16-7-9-19-41(39)54-43)36-17-10-20-42-44(36)38-15-6-8-18-40(38)53-42/h1-21,23-29,32H,22H2. The summed E-state index contributed by atoms with van der Waals surface area (Å²) in [5.74, 6) is 2.12. The molecule has 11 rings (SSSR count). The molecule has 7 aromatic carbocycles. The van der Waals surface area contributed by atoms with E-state index < -0.39 is 0 Å². The van der Waals surface area contributed by atoms with Crippen LogP contribution in [0.2, 0.25) is 0 Å². The second kappa shape index (κ2) is 12.2. The first kappa shape index (κ1) is 30.5. The third-order valence-corrected chi connectivity index (χ3v) is 10.7. The maximum absolute atomic E-state index is 6.50. The van der Waals surface area contributed by atoms with Gasteiger partial charge in [0.25, 0.3) is 0 Å². The van der Waals surface area contributed by atoms with Gasteiger partial charge < -0.3 is 8.83 Å². The Labute approximate surface area is 310 Å². The fourth-order valence-electron chi connectivity index (χ4n) is 8.08. The van der Waals surface area contributed by atoms with Gasteiger partial charge in [-0.25, -0.2) is 15.0 Å². The minimum Gasteiger partial charge on any atom is -0.456 e. The molecule has 1 atom stereocenters. The fourth-order valence-corrected chi connectivity index (χ4v) is 8.08. The van der Waals surface area contributed by atoms with E-state index in [1.807, 2.05) is 30.3 Å². The summed E-state index contributed by atoms with van der Waals surface area (Å²) < 4.78 is 12.9. The molecule has 0 saturated heterocycles. The van der Waals surface area contributed by atoms with Crippen LogP contribution in [0.15, 0.2) is 179 Å². The first-order chi connectivity index (χ1) is 26.7. The average molecular weight is 694 g/mol. The molecule has 5 heteroatoms. The summed E-state index contributed by atoms with van der Waals surface area (Å²) in [6.07, 6.45) is 7.54. The molecule has 0 radical (unpaired) electrons. The van der Waals surface area contributed by atoms with Crippen LogP contribution >= 0.6 is 0 Å². The number of benzene rings is 7. The molecule has 0 saturated carbocycles. The summed E-state index contributed by atoms with van der Waals surface area (Å²) >= 11 is 0. The topological polar surface area (TPSA) is 65.0 Å². The van der Waals surface area contributed by atoms with Crippen LogP contribution in [0.3, 0.4) is 0 Å². The lowest BCUT2D eigenvalue weighted by Crippen LogP contribution is -2.05. The first-order valence-corrected chi connectivity index (χ1v) is 18.3. The first-order valence-electron chi connectivity index (χ1n) is 18.3. The predicted molar refractivity (Wildman–Crippen MR) is 219 cm³/mol. The molecule has 0 fully saturated rings. The third kappa shape index (κ3) is 4.97. The zero-order valence-corrected chi connectivity index (χ0v) is 29.1. The highest BCUT2D eigenvalue weighted by molar-refractivity contribution is 6.19. The number of furan rings is 2. The summed E-state index contributed by atoms with van der Waals surface area (Å²) in [5, 5.41) is 6.37. The lowest BCUT2D eigenvalue weighted by molar-refractivity contribution is 0.669. The van der Waals surface area contributed by atoms with E-state index in [0.29, 0.717) is 23.4 Å². The number of hydrogen-bond acceptors (Lipinski definition) is 5. The SMILES string of the molecule is C1=CC(c2ccccc2)CC=C1c1nc(-c2ccc3ccccc3c2)nc(-c2c(-c3cccc4oc5ccccc5c34)ccc3oc4ccccc4c23)n1. The maximum Gasteiger partial charge on any atom is 0.165 e. The van der Waals surface area contributed by atoms with Gasteiger partial charge in [0.1, 0.15) is 22.3 Å². The zero-order chi connectivity index (χ0) is 35.6. The van der Waals surface area contributed by atoms with Crippen LogP contribution in [0.5, 0.6) is 0 Å². The predicted octanol–water partition coefficient (Wildman–Crippen LogP) is 13.0. The minimum atomic E-state index is 0.291. The summed E-state index contributed by atoms with van der Waals surface area (Å²) in [6, 6.07) is 52.3. The average Bonchev–Trinajstić information content (AvgIpc) is 3.82. The van der Waals surface area contributed by atoms with Crippen LogP contribution in [-0.2, 0) is 0 Å². The lowest BCUT2D eigenvalue weighted by Gasteiger charge is -2.17. The molecule has 3 aromatic heterocycles. The van der Waals surface area contributed by atoms with Crippen molar-refractivity contribution in [1.29, 1.82) is 0 Å². The van der Waals surface area contributed by atoms with Gasteiger partial charge in [-0.05, 0) is 70.3 Å². The maximum atomic E-state index is 6.50. The molecule has 3 heterocycles. The Morgan fingerprint density at radius 2 is 1.15 bits per heavy atom. The van der Waals surface area contributed by atoms with Crippen molar-refractivity contribution in [2.24, 2.45) is 0 Å². The van der Waals surface area contributed by atoms with Gasteiger partial charge in [0.15, 0.2) is 17.5 Å². The monoisotopic (exact) mass is 693 g/mol. The van der Waals surface area contributed by atoms with Crippen molar-refractivity contribution in [1.82, 2.24) is 15.0 Å². The Balaban J connectivity index is 1.19. The Morgan fingerprint density at radius 1 is 0.481 bits per heavy atom. The van der Waals surface area contributed by atoms with Crippen LogP contribution < -0.4 is 0 Å². The van der Waals surface area contributed by atoms with Crippen LogP contribution in [0, 0.1) is 0 Å². The van der Waals surface area contributed by atoms with Gasteiger partial charge >= 0.3 is 0 Å². The summed E-state index contributed by atoms with van der Waals surface area (Å²) in [7, 11) is 0. The van der Waals surface area contributed by atoms with Gasteiger partial charge in [0, 0.05) is 44.2 Å². The van der Waals surface area contributed by atoms with Gasteiger partial charge in [0.05, 0.1) is 0 Å². The molecule has 0 spiro atoms. The second-order valence-corrected chi connectivity index (χ2v) is 13.9. The number of nitrogens with zero attached hydrogens (tertiary/aromatic N) is 3. The van der Waals surface area contributed by atoms with Crippen molar-refractivity contribution in [2.45, 2.75) is 12.3 Å². The molecule has 0 N–H and O–H groups in total. The summed E-state index contributed by atoms with van der Waals surface area (Å²) in [4.78, 5) is 15.9.